The molecule has 4 atom stereocenters. The first-order valence-corrected chi connectivity index (χ1v) is 5.76. The predicted molar refractivity (Wildman–Crippen MR) is 68.3 cm³/mol. The molecular weight excluding hydrogens is 268 g/mol. The Balaban J connectivity index is 2.52. The summed E-state index contributed by atoms with van der Waals surface area (Å²) in [4.78, 5) is 21.7. The molecule has 0 bridgehead atoms. The summed E-state index contributed by atoms with van der Waals surface area (Å²) < 4.78 is 0. The molecule has 8 heteroatoms. The number of rotatable bonds is 7. The molecule has 0 heterocycles. The van der Waals surface area contributed by atoms with E-state index in [1.165, 1.54) is 0 Å². The van der Waals surface area contributed by atoms with Crippen LogP contribution in [0.3, 0.4) is 0 Å². The maximum Gasteiger partial charge on any atom is 0.269 e. The normalized spacial score (nSPS) is 16.6. The molecule has 0 unspecified atom stereocenters. The van der Waals surface area contributed by atoms with Gasteiger partial charge in [0.25, 0.3) is 5.91 Å². The molecule has 0 aliphatic rings. The summed E-state index contributed by atoms with van der Waals surface area (Å²) in [5.74, 6) is -1.03. The molecular formula is C12H16N2O6. The first kappa shape index (κ1) is 16.1. The Morgan fingerprint density at radius 3 is 2.20 bits per heavy atom. The fourth-order valence-electron chi connectivity index (χ4n) is 1.35. The third-order valence-corrected chi connectivity index (χ3v) is 2.54. The smallest absolute Gasteiger partial charge is 0.269 e. The van der Waals surface area contributed by atoms with Crippen molar-refractivity contribution in [1.82, 2.24) is 5.43 Å². The number of aliphatic hydroxyl groups is 4. The van der Waals surface area contributed by atoms with Crippen LogP contribution in [-0.2, 0) is 9.59 Å². The quantitative estimate of drug-likeness (QED) is 0.246. The topological polar surface area (TPSA) is 139 Å². The number of amides is 1. The van der Waals surface area contributed by atoms with Gasteiger partial charge in [0.15, 0.2) is 12.4 Å². The number of nitrogens with one attached hydrogen (secondary N) is 2. The zero-order valence-corrected chi connectivity index (χ0v) is 10.4. The van der Waals surface area contributed by atoms with Crippen molar-refractivity contribution >= 4 is 17.9 Å². The van der Waals surface area contributed by atoms with Gasteiger partial charge >= 0.3 is 0 Å². The van der Waals surface area contributed by atoms with Crippen molar-refractivity contribution in [2.24, 2.45) is 0 Å². The largest absolute Gasteiger partial charge is 0.387 e. The van der Waals surface area contributed by atoms with E-state index in [4.69, 9.17) is 5.11 Å². The number of benzene rings is 1. The summed E-state index contributed by atoms with van der Waals surface area (Å²) >= 11 is 0. The number of carbonyl (C=O) groups excluding carboxylic acids is 2. The highest BCUT2D eigenvalue weighted by molar-refractivity contribution is 5.82. The minimum Gasteiger partial charge on any atom is -0.387 e. The van der Waals surface area contributed by atoms with Gasteiger partial charge in [-0.15, -0.1) is 0 Å². The zero-order valence-electron chi connectivity index (χ0n) is 10.4. The van der Waals surface area contributed by atoms with E-state index in [9.17, 15) is 24.9 Å². The Morgan fingerprint density at radius 2 is 1.65 bits per heavy atom. The fraction of sp³-hybridized carbons (Fsp3) is 0.333. The number of hydrazine groups is 1. The van der Waals surface area contributed by atoms with E-state index < -0.39 is 30.3 Å². The predicted octanol–water partition coefficient (Wildman–Crippen LogP) is -2.23. The van der Waals surface area contributed by atoms with E-state index in [-0.39, 0.29) is 6.29 Å². The Hall–Kier alpha value is -2.00. The zero-order chi connectivity index (χ0) is 15.1. The monoisotopic (exact) mass is 284 g/mol. The van der Waals surface area contributed by atoms with Crippen molar-refractivity contribution in [3.8, 4) is 0 Å². The number of aliphatic hydroxyl groups excluding tert-OH is 4. The van der Waals surface area contributed by atoms with Crippen LogP contribution < -0.4 is 10.9 Å². The van der Waals surface area contributed by atoms with Gasteiger partial charge in [0.05, 0.1) is 5.69 Å². The minimum atomic E-state index is -2.02. The van der Waals surface area contributed by atoms with Gasteiger partial charge in [0.2, 0.25) is 0 Å². The second kappa shape index (κ2) is 7.56. The van der Waals surface area contributed by atoms with Crippen LogP contribution in [0, 0.1) is 0 Å². The summed E-state index contributed by atoms with van der Waals surface area (Å²) in [5, 5.41) is 37.2. The van der Waals surface area contributed by atoms with Gasteiger partial charge in [-0.2, -0.15) is 0 Å². The standard InChI is InChI=1S/C12H16N2O6/c15-6-8(16)9(17)10(18)11(19)12(20)14-13-7-4-2-1-3-5-7/h1-6,8-11,13,16-19H,(H,14,20)/t8-,9+,10-,11-/m0/s1. The second-order valence-electron chi connectivity index (χ2n) is 4.03. The average molecular weight is 284 g/mol. The summed E-state index contributed by atoms with van der Waals surface area (Å²) in [7, 11) is 0. The fourth-order valence-corrected chi connectivity index (χ4v) is 1.35. The van der Waals surface area contributed by atoms with Crippen molar-refractivity contribution in [3.05, 3.63) is 30.3 Å². The molecule has 0 aromatic heterocycles. The third kappa shape index (κ3) is 4.28. The lowest BCUT2D eigenvalue weighted by Crippen LogP contribution is -2.52. The molecule has 6 N–H and O–H groups in total. The number of para-hydroxylation sites is 1. The molecule has 1 rings (SSSR count). The van der Waals surface area contributed by atoms with Crippen molar-refractivity contribution in [3.63, 3.8) is 0 Å². The van der Waals surface area contributed by atoms with Crippen molar-refractivity contribution < 1.29 is 30.0 Å². The lowest BCUT2D eigenvalue weighted by Gasteiger charge is -2.23. The van der Waals surface area contributed by atoms with Crippen LogP contribution in [0.4, 0.5) is 5.69 Å². The highest BCUT2D eigenvalue weighted by Crippen LogP contribution is 2.06. The summed E-state index contributed by atoms with van der Waals surface area (Å²) in [6.45, 7) is 0. The molecule has 0 aliphatic heterocycles. The van der Waals surface area contributed by atoms with E-state index >= 15 is 0 Å². The molecule has 0 fully saturated rings. The first-order chi connectivity index (χ1) is 9.47. The van der Waals surface area contributed by atoms with Crippen molar-refractivity contribution in [1.29, 1.82) is 0 Å². The van der Waals surface area contributed by atoms with Crippen molar-refractivity contribution in [2.75, 3.05) is 5.43 Å². The SMILES string of the molecule is O=C[C@H](O)[C@@H](O)[C@H](O)[C@H](O)C(=O)NNc1ccccc1. The number of hydrogen-bond donors (Lipinski definition) is 6. The first-order valence-electron chi connectivity index (χ1n) is 5.76. The Labute approximate surface area is 114 Å². The number of carbonyl (C=O) groups is 2. The van der Waals surface area contributed by atoms with Gasteiger partial charge in [-0.05, 0) is 12.1 Å². The Bertz CT molecular complexity index is 441. The second-order valence-corrected chi connectivity index (χ2v) is 4.03. The maximum absolute atomic E-state index is 11.5. The van der Waals surface area contributed by atoms with Gasteiger partial charge in [-0.25, -0.2) is 0 Å². The Morgan fingerprint density at radius 1 is 1.05 bits per heavy atom. The highest BCUT2D eigenvalue weighted by Gasteiger charge is 2.34. The molecule has 0 spiro atoms. The Kier molecular flexibility index (Phi) is 6.07. The molecule has 0 saturated heterocycles. The van der Waals surface area contributed by atoms with E-state index in [1.54, 1.807) is 30.3 Å². The van der Waals surface area contributed by atoms with Gasteiger partial charge < -0.3 is 25.2 Å². The molecule has 1 aromatic rings. The van der Waals surface area contributed by atoms with Gasteiger partial charge in [0.1, 0.15) is 18.3 Å². The van der Waals surface area contributed by atoms with Crippen LogP contribution in [0.1, 0.15) is 0 Å². The van der Waals surface area contributed by atoms with Crippen LogP contribution in [0.25, 0.3) is 0 Å². The summed E-state index contributed by atoms with van der Waals surface area (Å²) in [6, 6.07) is 8.48. The van der Waals surface area contributed by atoms with Gasteiger partial charge in [-0.3, -0.25) is 15.6 Å². The van der Waals surface area contributed by atoms with E-state index in [0.29, 0.717) is 5.69 Å². The van der Waals surface area contributed by atoms with Gasteiger partial charge in [-0.1, -0.05) is 18.2 Å². The number of hydrogen-bond acceptors (Lipinski definition) is 7. The van der Waals surface area contributed by atoms with E-state index in [2.05, 4.69) is 10.9 Å². The molecule has 110 valence electrons. The highest BCUT2D eigenvalue weighted by atomic mass is 16.4. The lowest BCUT2D eigenvalue weighted by molar-refractivity contribution is -0.149. The van der Waals surface area contributed by atoms with Crippen LogP contribution in [-0.4, -0.2) is 57.0 Å². The van der Waals surface area contributed by atoms with E-state index in [1.807, 2.05) is 0 Å². The molecule has 0 saturated carbocycles. The summed E-state index contributed by atoms with van der Waals surface area (Å²) in [6.07, 6.45) is -7.90. The summed E-state index contributed by atoms with van der Waals surface area (Å²) in [5.41, 5.74) is 5.13. The average Bonchev–Trinajstić information content (AvgIpc) is 2.50. The van der Waals surface area contributed by atoms with Crippen LogP contribution in [0.2, 0.25) is 0 Å². The maximum atomic E-state index is 11.5. The van der Waals surface area contributed by atoms with Crippen LogP contribution in [0.15, 0.2) is 30.3 Å². The molecule has 1 aromatic carbocycles. The number of aldehydes is 1. The minimum absolute atomic E-state index is 0.0132. The molecule has 0 aliphatic carbocycles. The third-order valence-electron chi connectivity index (χ3n) is 2.54. The van der Waals surface area contributed by atoms with Crippen molar-refractivity contribution in [2.45, 2.75) is 24.4 Å². The number of anilines is 1. The van der Waals surface area contributed by atoms with Crippen LogP contribution >= 0.6 is 0 Å². The molecule has 20 heavy (non-hydrogen) atoms. The van der Waals surface area contributed by atoms with E-state index in [0.717, 1.165) is 0 Å². The molecule has 0 radical (unpaired) electrons. The van der Waals surface area contributed by atoms with Gasteiger partial charge in [0, 0.05) is 0 Å². The molecule has 8 nitrogen and oxygen atoms in total. The van der Waals surface area contributed by atoms with Crippen LogP contribution in [0.5, 0.6) is 0 Å². The molecule has 1 amide bonds. The lowest BCUT2D eigenvalue weighted by atomic mass is 10.0.